The van der Waals surface area contributed by atoms with Crippen LogP contribution >= 0.6 is 0 Å². The number of nitrogens with zero attached hydrogens (tertiary/aromatic N) is 3. The van der Waals surface area contributed by atoms with E-state index in [0.717, 1.165) is 38.6 Å². The highest BCUT2D eigenvalue weighted by Gasteiger charge is 2.16. The number of morpholine rings is 1. The lowest BCUT2D eigenvalue weighted by molar-refractivity contribution is 0.00838. The van der Waals surface area contributed by atoms with Gasteiger partial charge in [0.1, 0.15) is 5.82 Å². The van der Waals surface area contributed by atoms with E-state index in [9.17, 15) is 0 Å². The van der Waals surface area contributed by atoms with Crippen molar-refractivity contribution in [3.63, 3.8) is 0 Å². The van der Waals surface area contributed by atoms with Crippen molar-refractivity contribution < 1.29 is 4.74 Å². The molecule has 1 unspecified atom stereocenters. The van der Waals surface area contributed by atoms with E-state index in [1.165, 1.54) is 0 Å². The van der Waals surface area contributed by atoms with Crippen LogP contribution in [0.2, 0.25) is 0 Å². The maximum Gasteiger partial charge on any atom is 0.122 e. The Balaban J connectivity index is 1.79. The second-order valence-corrected chi connectivity index (χ2v) is 4.35. The average molecular weight is 224 g/mol. The molecule has 5 nitrogen and oxygen atoms in total. The minimum atomic E-state index is 0.305. The molecule has 16 heavy (non-hydrogen) atoms. The molecule has 0 saturated carbocycles. The summed E-state index contributed by atoms with van der Waals surface area (Å²) in [5, 5.41) is 3.34. The Morgan fingerprint density at radius 3 is 3.19 bits per heavy atom. The molecule has 1 atom stereocenters. The highest BCUT2D eigenvalue weighted by molar-refractivity contribution is 4.90. The molecule has 0 amide bonds. The SMILES string of the molecule is CN(Cc1nccn1C)CC1CNCCO1. The first-order chi connectivity index (χ1) is 7.75. The van der Waals surface area contributed by atoms with E-state index in [1.54, 1.807) is 0 Å². The van der Waals surface area contributed by atoms with Crippen LogP contribution in [0.1, 0.15) is 5.82 Å². The summed E-state index contributed by atoms with van der Waals surface area (Å²) in [6, 6.07) is 0. The molecule has 0 bridgehead atoms. The smallest absolute Gasteiger partial charge is 0.122 e. The molecule has 1 N–H and O–H groups in total. The van der Waals surface area contributed by atoms with Crippen molar-refractivity contribution in [1.82, 2.24) is 19.8 Å². The van der Waals surface area contributed by atoms with Crippen molar-refractivity contribution in [3.8, 4) is 0 Å². The molecule has 1 aromatic rings. The molecule has 90 valence electrons. The maximum atomic E-state index is 5.67. The summed E-state index contributed by atoms with van der Waals surface area (Å²) in [5.41, 5.74) is 0. The number of rotatable bonds is 4. The molecule has 1 saturated heterocycles. The summed E-state index contributed by atoms with van der Waals surface area (Å²) >= 11 is 0. The van der Waals surface area contributed by atoms with Gasteiger partial charge in [0.05, 0.1) is 19.3 Å². The van der Waals surface area contributed by atoms with Crippen molar-refractivity contribution in [1.29, 1.82) is 0 Å². The van der Waals surface area contributed by atoms with Crippen LogP contribution < -0.4 is 5.32 Å². The van der Waals surface area contributed by atoms with Crippen molar-refractivity contribution in [2.45, 2.75) is 12.6 Å². The minimum absolute atomic E-state index is 0.305. The van der Waals surface area contributed by atoms with Crippen LogP contribution in [0.4, 0.5) is 0 Å². The summed E-state index contributed by atoms with van der Waals surface area (Å²) in [6.45, 7) is 4.55. The largest absolute Gasteiger partial charge is 0.374 e. The Morgan fingerprint density at radius 2 is 2.56 bits per heavy atom. The molecule has 0 spiro atoms. The molecule has 1 fully saturated rings. The molecule has 2 rings (SSSR count). The number of aromatic nitrogens is 2. The van der Waals surface area contributed by atoms with Gasteiger partial charge in [-0.05, 0) is 7.05 Å². The third-order valence-electron chi connectivity index (χ3n) is 2.85. The first-order valence-corrected chi connectivity index (χ1v) is 5.73. The maximum absolute atomic E-state index is 5.67. The van der Waals surface area contributed by atoms with Crippen LogP contribution in [0, 0.1) is 0 Å². The predicted octanol–water partition coefficient (Wildman–Crippen LogP) is -0.160. The Kier molecular flexibility index (Phi) is 3.93. The van der Waals surface area contributed by atoms with Gasteiger partial charge in [-0.15, -0.1) is 0 Å². The quantitative estimate of drug-likeness (QED) is 0.772. The van der Waals surface area contributed by atoms with E-state index >= 15 is 0 Å². The van der Waals surface area contributed by atoms with Crippen LogP contribution in [0.3, 0.4) is 0 Å². The fourth-order valence-corrected chi connectivity index (χ4v) is 1.94. The fourth-order valence-electron chi connectivity index (χ4n) is 1.94. The molecule has 0 aliphatic carbocycles. The predicted molar refractivity (Wildman–Crippen MR) is 62.2 cm³/mol. The first-order valence-electron chi connectivity index (χ1n) is 5.73. The molecule has 2 heterocycles. The number of hydrogen-bond donors (Lipinski definition) is 1. The van der Waals surface area contributed by atoms with Crippen LogP contribution in [-0.4, -0.2) is 53.8 Å². The van der Waals surface area contributed by atoms with E-state index in [-0.39, 0.29) is 0 Å². The van der Waals surface area contributed by atoms with Gasteiger partial charge in [-0.2, -0.15) is 0 Å². The molecular weight excluding hydrogens is 204 g/mol. The number of hydrogen-bond acceptors (Lipinski definition) is 4. The standard InChI is InChI=1S/C11H20N4O/c1-14(8-10-7-12-4-6-16-10)9-11-13-3-5-15(11)2/h3,5,10,12H,4,6-9H2,1-2H3. The van der Waals surface area contributed by atoms with E-state index in [2.05, 4.69) is 26.8 Å². The molecule has 0 radical (unpaired) electrons. The normalized spacial score (nSPS) is 21.6. The van der Waals surface area contributed by atoms with Gasteiger partial charge in [0.15, 0.2) is 0 Å². The van der Waals surface area contributed by atoms with Crippen molar-refractivity contribution in [2.24, 2.45) is 7.05 Å². The molecule has 0 aromatic carbocycles. The second-order valence-electron chi connectivity index (χ2n) is 4.35. The van der Waals surface area contributed by atoms with E-state index in [0.29, 0.717) is 6.10 Å². The van der Waals surface area contributed by atoms with Gasteiger partial charge in [-0.3, -0.25) is 4.90 Å². The molecule has 5 heteroatoms. The lowest BCUT2D eigenvalue weighted by Crippen LogP contribution is -2.44. The van der Waals surface area contributed by atoms with Gasteiger partial charge in [-0.25, -0.2) is 4.98 Å². The highest BCUT2D eigenvalue weighted by Crippen LogP contribution is 2.03. The Morgan fingerprint density at radius 1 is 1.69 bits per heavy atom. The molecule has 1 aliphatic rings. The lowest BCUT2D eigenvalue weighted by atomic mass is 10.3. The average Bonchev–Trinajstić information content (AvgIpc) is 2.66. The van der Waals surface area contributed by atoms with Crippen molar-refractivity contribution >= 4 is 0 Å². The fraction of sp³-hybridized carbons (Fsp3) is 0.727. The van der Waals surface area contributed by atoms with Crippen LogP contribution in [0.25, 0.3) is 0 Å². The summed E-state index contributed by atoms with van der Waals surface area (Å²) in [5.74, 6) is 1.09. The van der Waals surface area contributed by atoms with E-state index in [1.807, 2.05) is 19.4 Å². The van der Waals surface area contributed by atoms with Crippen molar-refractivity contribution in [3.05, 3.63) is 18.2 Å². The zero-order valence-corrected chi connectivity index (χ0v) is 10.0. The number of aryl methyl sites for hydroxylation is 1. The second kappa shape index (κ2) is 5.43. The number of nitrogens with one attached hydrogen (secondary N) is 1. The number of ether oxygens (including phenoxy) is 1. The monoisotopic (exact) mass is 224 g/mol. The van der Waals surface area contributed by atoms with Gasteiger partial charge in [0.25, 0.3) is 0 Å². The third-order valence-corrected chi connectivity index (χ3v) is 2.85. The summed E-state index contributed by atoms with van der Waals surface area (Å²) in [4.78, 5) is 6.56. The Bertz CT molecular complexity index is 320. The molecule has 1 aromatic heterocycles. The van der Waals surface area contributed by atoms with Gasteiger partial charge in [0, 0.05) is 39.1 Å². The van der Waals surface area contributed by atoms with Gasteiger partial charge >= 0.3 is 0 Å². The summed E-state index contributed by atoms with van der Waals surface area (Å²) < 4.78 is 7.72. The minimum Gasteiger partial charge on any atom is -0.374 e. The third kappa shape index (κ3) is 3.04. The van der Waals surface area contributed by atoms with Gasteiger partial charge in [-0.1, -0.05) is 0 Å². The zero-order valence-electron chi connectivity index (χ0n) is 10.0. The first kappa shape index (κ1) is 11.6. The topological polar surface area (TPSA) is 42.3 Å². The molecule has 1 aliphatic heterocycles. The summed E-state index contributed by atoms with van der Waals surface area (Å²) in [7, 11) is 4.13. The van der Waals surface area contributed by atoms with Crippen LogP contribution in [0.5, 0.6) is 0 Å². The highest BCUT2D eigenvalue weighted by atomic mass is 16.5. The van der Waals surface area contributed by atoms with Crippen LogP contribution in [-0.2, 0) is 18.3 Å². The zero-order chi connectivity index (χ0) is 11.4. The lowest BCUT2D eigenvalue weighted by Gasteiger charge is -2.27. The van der Waals surface area contributed by atoms with Gasteiger partial charge < -0.3 is 14.6 Å². The van der Waals surface area contributed by atoms with Gasteiger partial charge in [0.2, 0.25) is 0 Å². The van der Waals surface area contributed by atoms with Crippen LogP contribution in [0.15, 0.2) is 12.4 Å². The van der Waals surface area contributed by atoms with Crippen molar-refractivity contribution in [2.75, 3.05) is 33.3 Å². The number of likely N-dealkylation sites (N-methyl/N-ethyl adjacent to an activating group) is 1. The Labute approximate surface area is 96.4 Å². The Hall–Kier alpha value is -0.910. The summed E-state index contributed by atoms with van der Waals surface area (Å²) in [6.07, 6.45) is 4.11. The molecular formula is C11H20N4O. The number of imidazole rings is 1. The van der Waals surface area contributed by atoms with E-state index in [4.69, 9.17) is 4.74 Å². The van der Waals surface area contributed by atoms with E-state index < -0.39 is 0 Å².